The lowest BCUT2D eigenvalue weighted by Gasteiger charge is -2.25. The number of ketones is 1. The minimum absolute atomic E-state index is 0.0606. The normalized spacial score (nSPS) is 15.8. The number of rotatable bonds is 8. The average molecular weight is 397 g/mol. The Morgan fingerprint density at radius 3 is 2.19 bits per heavy atom. The fourth-order valence-electron chi connectivity index (χ4n) is 2.55. The summed E-state index contributed by atoms with van der Waals surface area (Å²) >= 11 is 6.16. The molecular formula is C19H21ClO7. The molecule has 0 heterocycles. The van der Waals surface area contributed by atoms with E-state index in [0.717, 1.165) is 5.56 Å². The Kier molecular flexibility index (Phi) is 7.32. The van der Waals surface area contributed by atoms with Crippen molar-refractivity contribution in [1.29, 1.82) is 0 Å². The van der Waals surface area contributed by atoms with Gasteiger partial charge in [-0.15, -0.1) is 0 Å². The number of aliphatic hydroxyl groups excluding tert-OH is 5. The number of carbonyl (C=O) groups is 1. The number of Topliss-reactive ketones (excluding diaryl/α,β-unsaturated/α-hetero) is 1. The molecule has 0 aliphatic heterocycles. The van der Waals surface area contributed by atoms with Gasteiger partial charge in [0.2, 0.25) is 0 Å². The Morgan fingerprint density at radius 2 is 1.59 bits per heavy atom. The fraction of sp³-hybridized carbons (Fsp3) is 0.316. The monoisotopic (exact) mass is 396 g/mol. The molecule has 27 heavy (non-hydrogen) atoms. The molecule has 0 fully saturated rings. The van der Waals surface area contributed by atoms with Crippen LogP contribution in [0, 0.1) is 0 Å². The van der Waals surface area contributed by atoms with Crippen molar-refractivity contribution in [2.45, 2.75) is 30.8 Å². The average Bonchev–Trinajstić information content (AvgIpc) is 2.68. The fourth-order valence-corrected chi connectivity index (χ4v) is 2.73. The van der Waals surface area contributed by atoms with E-state index in [0.29, 0.717) is 17.0 Å². The van der Waals surface area contributed by atoms with Gasteiger partial charge in [0.15, 0.2) is 5.78 Å². The van der Waals surface area contributed by atoms with Crippen LogP contribution < -0.4 is 0 Å². The Morgan fingerprint density at radius 1 is 0.963 bits per heavy atom. The molecule has 2 rings (SSSR count). The second-order valence-electron chi connectivity index (χ2n) is 6.19. The van der Waals surface area contributed by atoms with Gasteiger partial charge in [-0.3, -0.25) is 4.79 Å². The number of benzene rings is 2. The van der Waals surface area contributed by atoms with Gasteiger partial charge >= 0.3 is 0 Å². The first-order chi connectivity index (χ1) is 12.7. The third kappa shape index (κ3) is 5.26. The molecule has 6 N–H and O–H groups in total. The number of phenolic OH excluding ortho intramolecular Hbond substituents is 1. The quantitative estimate of drug-likeness (QED) is 0.352. The van der Waals surface area contributed by atoms with Crippen molar-refractivity contribution < 1.29 is 35.4 Å². The number of halogens is 1. The SMILES string of the molecule is O=C(c1ccc(Cl)c(Cc2ccc(O)cc2)c1)C(O)C(O)C(O)C(O)CO. The van der Waals surface area contributed by atoms with Gasteiger partial charge in [-0.2, -0.15) is 0 Å². The molecule has 146 valence electrons. The van der Waals surface area contributed by atoms with E-state index in [2.05, 4.69) is 0 Å². The predicted octanol–water partition coefficient (Wildman–Crippen LogP) is 0.255. The topological polar surface area (TPSA) is 138 Å². The van der Waals surface area contributed by atoms with E-state index in [1.807, 2.05) is 0 Å². The Hall–Kier alpha value is -2.00. The van der Waals surface area contributed by atoms with Crippen LogP contribution in [0.2, 0.25) is 5.02 Å². The standard InChI is InChI=1S/C19H21ClO7/c20-14-6-3-11(8-12(14)7-10-1-4-13(22)5-2-10)16(24)18(26)19(27)17(25)15(23)9-21/h1-6,8,15,17-19,21-23,25-27H,7,9H2. The molecule has 0 aromatic heterocycles. The van der Waals surface area contributed by atoms with Crippen molar-refractivity contribution in [1.82, 2.24) is 0 Å². The lowest BCUT2D eigenvalue weighted by Crippen LogP contribution is -2.48. The summed E-state index contributed by atoms with van der Waals surface area (Å²) in [6.07, 6.45) is -7.19. The number of hydrogen-bond donors (Lipinski definition) is 6. The molecule has 7 nitrogen and oxygen atoms in total. The van der Waals surface area contributed by atoms with Crippen LogP contribution in [0.5, 0.6) is 5.75 Å². The third-order valence-corrected chi connectivity index (χ3v) is 4.55. The molecule has 0 saturated heterocycles. The maximum absolute atomic E-state index is 12.4. The van der Waals surface area contributed by atoms with Gasteiger partial charge in [0.05, 0.1) is 6.61 Å². The van der Waals surface area contributed by atoms with E-state index in [1.54, 1.807) is 12.1 Å². The van der Waals surface area contributed by atoms with Crippen molar-refractivity contribution in [3.63, 3.8) is 0 Å². The second-order valence-corrected chi connectivity index (χ2v) is 6.60. The first kappa shape index (κ1) is 21.3. The van der Waals surface area contributed by atoms with Crippen molar-refractivity contribution in [3.8, 4) is 5.75 Å². The summed E-state index contributed by atoms with van der Waals surface area (Å²) < 4.78 is 0. The van der Waals surface area contributed by atoms with E-state index >= 15 is 0 Å². The lowest BCUT2D eigenvalue weighted by molar-refractivity contribution is -0.105. The first-order valence-corrected chi connectivity index (χ1v) is 8.56. The minimum Gasteiger partial charge on any atom is -0.508 e. The zero-order valence-electron chi connectivity index (χ0n) is 14.2. The van der Waals surface area contributed by atoms with Crippen LogP contribution in [0.4, 0.5) is 0 Å². The first-order valence-electron chi connectivity index (χ1n) is 8.18. The zero-order valence-corrected chi connectivity index (χ0v) is 15.0. The number of aliphatic hydroxyl groups is 5. The second kappa shape index (κ2) is 9.27. The Bertz CT molecular complexity index is 778. The molecule has 0 saturated carbocycles. The maximum atomic E-state index is 12.4. The summed E-state index contributed by atoms with van der Waals surface area (Å²) in [4.78, 5) is 12.4. The molecule has 0 bridgehead atoms. The van der Waals surface area contributed by atoms with E-state index in [-0.39, 0.29) is 11.3 Å². The van der Waals surface area contributed by atoms with E-state index in [4.69, 9.17) is 16.7 Å². The van der Waals surface area contributed by atoms with Crippen molar-refractivity contribution in [2.75, 3.05) is 6.61 Å². The highest BCUT2D eigenvalue weighted by molar-refractivity contribution is 6.31. The largest absolute Gasteiger partial charge is 0.508 e. The summed E-state index contributed by atoms with van der Waals surface area (Å²) in [5.41, 5.74) is 1.48. The van der Waals surface area contributed by atoms with Crippen LogP contribution in [-0.4, -0.2) is 67.4 Å². The summed E-state index contributed by atoms with van der Waals surface area (Å²) in [7, 11) is 0. The van der Waals surface area contributed by atoms with E-state index < -0.39 is 36.8 Å². The smallest absolute Gasteiger partial charge is 0.194 e. The van der Waals surface area contributed by atoms with E-state index in [9.17, 15) is 30.3 Å². The van der Waals surface area contributed by atoms with Gasteiger partial charge in [0, 0.05) is 10.6 Å². The van der Waals surface area contributed by atoms with Crippen LogP contribution in [0.1, 0.15) is 21.5 Å². The molecule has 0 radical (unpaired) electrons. The zero-order chi connectivity index (χ0) is 20.1. The van der Waals surface area contributed by atoms with Crippen molar-refractivity contribution in [2.24, 2.45) is 0 Å². The maximum Gasteiger partial charge on any atom is 0.194 e. The highest BCUT2D eigenvalue weighted by atomic mass is 35.5. The minimum atomic E-state index is -2.00. The molecule has 0 spiro atoms. The van der Waals surface area contributed by atoms with Gasteiger partial charge in [-0.05, 0) is 47.9 Å². The molecule has 4 atom stereocenters. The summed E-state index contributed by atoms with van der Waals surface area (Å²) in [5, 5.41) is 57.4. The molecule has 8 heteroatoms. The Labute approximate surface area is 160 Å². The van der Waals surface area contributed by atoms with Gasteiger partial charge in [-0.1, -0.05) is 23.7 Å². The van der Waals surface area contributed by atoms with Gasteiger partial charge in [0.1, 0.15) is 30.2 Å². The van der Waals surface area contributed by atoms with Crippen molar-refractivity contribution >= 4 is 17.4 Å². The van der Waals surface area contributed by atoms with Gasteiger partial charge < -0.3 is 30.6 Å². The van der Waals surface area contributed by atoms with Crippen LogP contribution in [-0.2, 0) is 6.42 Å². The Balaban J connectivity index is 2.20. The van der Waals surface area contributed by atoms with Crippen molar-refractivity contribution in [3.05, 3.63) is 64.2 Å². The van der Waals surface area contributed by atoms with Crippen LogP contribution >= 0.6 is 11.6 Å². The van der Waals surface area contributed by atoms with E-state index in [1.165, 1.54) is 30.3 Å². The number of phenols is 1. The summed E-state index contributed by atoms with van der Waals surface area (Å²) in [6, 6.07) is 10.7. The number of hydrogen-bond acceptors (Lipinski definition) is 7. The van der Waals surface area contributed by atoms with Gasteiger partial charge in [0.25, 0.3) is 0 Å². The van der Waals surface area contributed by atoms with Crippen LogP contribution in [0.25, 0.3) is 0 Å². The molecule has 0 aliphatic carbocycles. The number of aromatic hydroxyl groups is 1. The molecule has 2 aromatic rings. The summed E-state index contributed by atoms with van der Waals surface area (Å²) in [5.74, 6) is -0.746. The van der Waals surface area contributed by atoms with Gasteiger partial charge in [-0.25, -0.2) is 0 Å². The predicted molar refractivity (Wildman–Crippen MR) is 97.8 cm³/mol. The summed E-state index contributed by atoms with van der Waals surface area (Å²) in [6.45, 7) is -0.836. The highest BCUT2D eigenvalue weighted by Gasteiger charge is 2.34. The molecule has 0 amide bonds. The number of carbonyl (C=O) groups excluding carboxylic acids is 1. The lowest BCUT2D eigenvalue weighted by atomic mass is 9.94. The molecule has 0 aliphatic rings. The highest BCUT2D eigenvalue weighted by Crippen LogP contribution is 2.23. The molecular weight excluding hydrogens is 376 g/mol. The third-order valence-electron chi connectivity index (χ3n) is 4.18. The van der Waals surface area contributed by atoms with Crippen LogP contribution in [0.3, 0.4) is 0 Å². The molecule has 4 unspecified atom stereocenters. The molecule has 2 aromatic carbocycles. The van der Waals surface area contributed by atoms with Crippen LogP contribution in [0.15, 0.2) is 42.5 Å².